The van der Waals surface area contributed by atoms with E-state index in [0.717, 1.165) is 37.7 Å². The predicted octanol–water partition coefficient (Wildman–Crippen LogP) is 5.73. The number of carbonyl (C=O) groups is 1. The fraction of sp³-hybridized carbons (Fsp3) is 0.788. The van der Waals surface area contributed by atoms with E-state index in [1.165, 1.54) is 25.7 Å². The van der Waals surface area contributed by atoms with E-state index in [2.05, 4.69) is 26.1 Å². The van der Waals surface area contributed by atoms with Gasteiger partial charge in [0, 0.05) is 13.0 Å². The van der Waals surface area contributed by atoms with Gasteiger partial charge in [-0.1, -0.05) is 26.8 Å². The zero-order valence-electron chi connectivity index (χ0n) is 24.7. The minimum Gasteiger partial charge on any atom is -0.493 e. The number of rotatable bonds is 8. The van der Waals surface area contributed by atoms with Gasteiger partial charge in [0.05, 0.1) is 26.4 Å². The summed E-state index contributed by atoms with van der Waals surface area (Å²) in [7, 11) is 3.24. The summed E-state index contributed by atoms with van der Waals surface area (Å²) in [6.45, 7) is 7.81. The molecule has 6 nitrogen and oxygen atoms in total. The third kappa shape index (κ3) is 5.21. The second-order valence-electron chi connectivity index (χ2n) is 13.9. The second-order valence-corrected chi connectivity index (χ2v) is 13.9. The lowest BCUT2D eigenvalue weighted by atomic mass is 9.43. The Morgan fingerprint density at radius 3 is 2.46 bits per heavy atom. The normalized spacial score (nSPS) is 40.1. The van der Waals surface area contributed by atoms with Crippen LogP contribution in [0.25, 0.3) is 0 Å². The smallest absolute Gasteiger partial charge is 0.220 e. The number of carbonyl (C=O) groups excluding carboxylic acids is 1. The molecule has 0 spiro atoms. The maximum atomic E-state index is 12.8. The molecule has 0 heterocycles. The lowest BCUT2D eigenvalue weighted by molar-refractivity contribution is -0.174. The quantitative estimate of drug-likeness (QED) is 0.391. The number of methoxy groups -OCH3 is 2. The number of aliphatic hydroxyl groups is 2. The first-order valence-electron chi connectivity index (χ1n) is 15.4. The topological polar surface area (TPSA) is 88.0 Å². The first kappa shape index (κ1) is 28.7. The summed E-state index contributed by atoms with van der Waals surface area (Å²) in [6, 6.07) is 5.74. The number of ether oxygens (including phenoxy) is 2. The number of benzene rings is 1. The molecule has 5 rings (SSSR count). The highest BCUT2D eigenvalue weighted by Gasteiger charge is 2.62. The van der Waals surface area contributed by atoms with Gasteiger partial charge >= 0.3 is 0 Å². The van der Waals surface area contributed by atoms with Gasteiger partial charge in [-0.25, -0.2) is 0 Å². The van der Waals surface area contributed by atoms with Crippen molar-refractivity contribution in [1.29, 1.82) is 0 Å². The van der Waals surface area contributed by atoms with Crippen molar-refractivity contribution in [2.45, 2.75) is 104 Å². The highest BCUT2D eigenvalue weighted by molar-refractivity contribution is 5.75. The van der Waals surface area contributed by atoms with E-state index in [-0.39, 0.29) is 28.9 Å². The van der Waals surface area contributed by atoms with E-state index in [1.807, 2.05) is 18.2 Å². The third-order valence-electron chi connectivity index (χ3n) is 12.2. The van der Waals surface area contributed by atoms with Crippen molar-refractivity contribution < 1.29 is 24.5 Å². The van der Waals surface area contributed by atoms with Crippen LogP contribution in [0.3, 0.4) is 0 Å². The Bertz CT molecular complexity index is 1030. The minimum atomic E-state index is -0.237. The third-order valence-corrected chi connectivity index (χ3v) is 12.2. The molecule has 3 N–H and O–H groups in total. The Morgan fingerprint density at radius 2 is 1.72 bits per heavy atom. The molecule has 0 unspecified atom stereocenters. The van der Waals surface area contributed by atoms with Crippen LogP contribution in [0.1, 0.15) is 90.5 Å². The summed E-state index contributed by atoms with van der Waals surface area (Å²) in [5.74, 6) is 4.54. The molecule has 1 aromatic rings. The fourth-order valence-corrected chi connectivity index (χ4v) is 10.0. The first-order chi connectivity index (χ1) is 18.6. The van der Waals surface area contributed by atoms with Crippen molar-refractivity contribution in [2.75, 3.05) is 14.2 Å². The Balaban J connectivity index is 1.18. The van der Waals surface area contributed by atoms with Gasteiger partial charge in [-0.3, -0.25) is 4.79 Å². The van der Waals surface area contributed by atoms with Gasteiger partial charge in [0.25, 0.3) is 0 Å². The lowest BCUT2D eigenvalue weighted by Crippen LogP contribution is -2.58. The van der Waals surface area contributed by atoms with Gasteiger partial charge in [0.2, 0.25) is 5.91 Å². The van der Waals surface area contributed by atoms with Crippen molar-refractivity contribution in [3.05, 3.63) is 23.8 Å². The highest BCUT2D eigenvalue weighted by Crippen LogP contribution is 2.68. The van der Waals surface area contributed by atoms with E-state index in [4.69, 9.17) is 9.47 Å². The molecule has 1 amide bonds. The molecule has 0 bridgehead atoms. The summed E-state index contributed by atoms with van der Waals surface area (Å²) < 4.78 is 10.7. The number of nitrogens with one attached hydrogen (secondary N) is 1. The van der Waals surface area contributed by atoms with Crippen molar-refractivity contribution in [2.24, 2.45) is 46.3 Å². The van der Waals surface area contributed by atoms with Crippen molar-refractivity contribution in [3.63, 3.8) is 0 Å². The molecule has 6 heteroatoms. The van der Waals surface area contributed by atoms with E-state index in [9.17, 15) is 15.0 Å². The summed E-state index contributed by atoms with van der Waals surface area (Å²) in [5.41, 5.74) is 1.50. The lowest BCUT2D eigenvalue weighted by Gasteiger charge is -2.62. The van der Waals surface area contributed by atoms with Gasteiger partial charge in [-0.2, -0.15) is 0 Å². The molecular formula is C33H51NO5. The number of amides is 1. The maximum absolute atomic E-state index is 12.8. The average Bonchev–Trinajstić information content (AvgIpc) is 3.28. The van der Waals surface area contributed by atoms with Crippen LogP contribution in [0, 0.1) is 46.3 Å². The second kappa shape index (κ2) is 11.2. The average molecular weight is 542 g/mol. The minimum absolute atomic E-state index is 0.0983. The molecule has 0 aliphatic heterocycles. The van der Waals surface area contributed by atoms with Crippen molar-refractivity contribution in [1.82, 2.24) is 5.32 Å². The van der Waals surface area contributed by atoms with Gasteiger partial charge in [-0.05, 0) is 122 Å². The van der Waals surface area contributed by atoms with Gasteiger partial charge in [0.1, 0.15) is 0 Å². The molecule has 4 saturated carbocycles. The van der Waals surface area contributed by atoms with E-state index in [1.54, 1.807) is 14.2 Å². The van der Waals surface area contributed by atoms with Crippen molar-refractivity contribution >= 4 is 5.91 Å². The van der Waals surface area contributed by atoms with Crippen molar-refractivity contribution in [3.8, 4) is 11.5 Å². The molecule has 0 saturated heterocycles. The molecule has 0 radical (unpaired) electrons. The Kier molecular flexibility index (Phi) is 8.28. The molecule has 1 aromatic carbocycles. The summed E-state index contributed by atoms with van der Waals surface area (Å²) in [4.78, 5) is 12.8. The fourth-order valence-electron chi connectivity index (χ4n) is 10.0. The van der Waals surface area contributed by atoms with Gasteiger partial charge in [-0.15, -0.1) is 0 Å². The molecular weight excluding hydrogens is 490 g/mol. The SMILES string of the molecule is COc1ccc(CNC(=O)CC[C@H](C)[C@@H]2CC[C@@H]3[C@H]4[C@H](O)C[C@H]5C[C@@H](O)CC[C@@]5(C)[C@@H]4CC[C@]32C)cc1OC. The zero-order valence-corrected chi connectivity index (χ0v) is 24.7. The molecule has 4 fully saturated rings. The number of hydrogen-bond donors (Lipinski definition) is 3. The summed E-state index contributed by atoms with van der Waals surface area (Å²) in [6.07, 6.45) is 9.63. The monoisotopic (exact) mass is 541 g/mol. The van der Waals surface area contributed by atoms with Crippen LogP contribution < -0.4 is 14.8 Å². The first-order valence-corrected chi connectivity index (χ1v) is 15.4. The van der Waals surface area contributed by atoms with Crippen LogP contribution in [0.4, 0.5) is 0 Å². The Hall–Kier alpha value is -1.79. The van der Waals surface area contributed by atoms with Crippen LogP contribution in [0.2, 0.25) is 0 Å². The van der Waals surface area contributed by atoms with E-state index < -0.39 is 0 Å². The highest BCUT2D eigenvalue weighted by atomic mass is 16.5. The summed E-state index contributed by atoms with van der Waals surface area (Å²) >= 11 is 0. The van der Waals surface area contributed by atoms with Gasteiger partial charge < -0.3 is 25.0 Å². The Morgan fingerprint density at radius 1 is 1.00 bits per heavy atom. The number of hydrogen-bond acceptors (Lipinski definition) is 5. The largest absolute Gasteiger partial charge is 0.493 e. The number of aliphatic hydroxyl groups excluding tert-OH is 2. The number of fused-ring (bicyclic) bond motifs is 5. The van der Waals surface area contributed by atoms with Gasteiger partial charge in [0.15, 0.2) is 11.5 Å². The molecule has 4 aliphatic rings. The van der Waals surface area contributed by atoms with Crippen LogP contribution in [-0.4, -0.2) is 42.5 Å². The van der Waals surface area contributed by atoms with E-state index >= 15 is 0 Å². The zero-order chi connectivity index (χ0) is 27.9. The van der Waals surface area contributed by atoms with Crippen LogP contribution in [0.5, 0.6) is 11.5 Å². The van der Waals surface area contributed by atoms with Crippen LogP contribution in [0.15, 0.2) is 18.2 Å². The van der Waals surface area contributed by atoms with E-state index in [0.29, 0.717) is 60.0 Å². The molecule has 218 valence electrons. The van der Waals surface area contributed by atoms with Crippen LogP contribution in [-0.2, 0) is 11.3 Å². The predicted molar refractivity (Wildman–Crippen MR) is 152 cm³/mol. The standard InChI is InChI=1S/C33H51NO5/c1-20(6-11-30(37)34-19-21-7-10-28(38-4)29(16-21)39-5)24-8-9-25-31-26(13-15-33(24,25)3)32(2)14-12-23(35)17-22(32)18-27(31)36/h7,10,16,20,22-27,31,35-36H,6,8-9,11-15,17-19H2,1-5H3,(H,34,37)/t20-,22+,23-,24-,25+,26+,27+,31+,32+,33-/m0/s1. The Labute approximate surface area is 235 Å². The maximum Gasteiger partial charge on any atom is 0.220 e. The van der Waals surface area contributed by atoms with Crippen LogP contribution >= 0.6 is 0 Å². The molecule has 10 atom stereocenters. The molecule has 4 aliphatic carbocycles. The molecule has 0 aromatic heterocycles. The molecule has 39 heavy (non-hydrogen) atoms. The summed E-state index contributed by atoms with van der Waals surface area (Å²) in [5, 5.41) is 24.9.